The first-order valence-electron chi connectivity index (χ1n) is 11.5. The van der Waals surface area contributed by atoms with E-state index in [4.69, 9.17) is 0 Å². The van der Waals surface area contributed by atoms with Crippen molar-refractivity contribution in [3.05, 3.63) is 72.6 Å². The lowest BCUT2D eigenvalue weighted by atomic mass is 9.90. The number of nitrogens with one attached hydrogen (secondary N) is 3. The first kappa shape index (κ1) is 23.8. The van der Waals surface area contributed by atoms with Crippen molar-refractivity contribution < 1.29 is 18.0 Å². The minimum Gasteiger partial charge on any atom is -0.382 e. The molecule has 0 bridgehead atoms. The SMILES string of the molecule is Cc1ccc(S(=O)(=O)N2C=CNC(=O)[C@H]2CC(=O)NC2CCC(Nc3ccccc3)CC2)cc1. The lowest BCUT2D eigenvalue weighted by Gasteiger charge is -2.33. The molecule has 2 aliphatic rings. The largest absolute Gasteiger partial charge is 0.382 e. The van der Waals surface area contributed by atoms with Gasteiger partial charge in [-0.05, 0) is 56.9 Å². The van der Waals surface area contributed by atoms with Gasteiger partial charge in [0.2, 0.25) is 11.8 Å². The fourth-order valence-corrected chi connectivity index (χ4v) is 5.83. The van der Waals surface area contributed by atoms with E-state index in [-0.39, 0.29) is 23.3 Å². The second-order valence-electron chi connectivity index (χ2n) is 8.82. The Bertz CT molecular complexity index is 1140. The first-order chi connectivity index (χ1) is 16.3. The van der Waals surface area contributed by atoms with Crippen LogP contribution in [-0.4, -0.2) is 42.7 Å². The van der Waals surface area contributed by atoms with E-state index in [9.17, 15) is 18.0 Å². The minimum absolute atomic E-state index is 0.00525. The average molecular weight is 483 g/mol. The molecule has 0 aromatic heterocycles. The van der Waals surface area contributed by atoms with Crippen LogP contribution in [0.15, 0.2) is 71.9 Å². The predicted molar refractivity (Wildman–Crippen MR) is 130 cm³/mol. The van der Waals surface area contributed by atoms with E-state index in [1.807, 2.05) is 37.3 Å². The maximum Gasteiger partial charge on any atom is 0.264 e. The molecule has 0 radical (unpaired) electrons. The van der Waals surface area contributed by atoms with E-state index in [1.54, 1.807) is 12.1 Å². The van der Waals surface area contributed by atoms with Crippen molar-refractivity contribution >= 4 is 27.5 Å². The Morgan fingerprint density at radius 2 is 1.65 bits per heavy atom. The Labute approximate surface area is 200 Å². The molecule has 0 unspecified atom stereocenters. The van der Waals surface area contributed by atoms with E-state index >= 15 is 0 Å². The molecule has 1 aliphatic heterocycles. The Morgan fingerprint density at radius 1 is 1.00 bits per heavy atom. The van der Waals surface area contributed by atoms with E-state index < -0.39 is 22.0 Å². The summed E-state index contributed by atoms with van der Waals surface area (Å²) in [6.45, 7) is 1.86. The summed E-state index contributed by atoms with van der Waals surface area (Å²) in [5, 5.41) is 9.04. The van der Waals surface area contributed by atoms with Gasteiger partial charge in [0.1, 0.15) is 6.04 Å². The molecule has 4 rings (SSSR count). The minimum atomic E-state index is -3.98. The number of hydrogen-bond donors (Lipinski definition) is 3. The van der Waals surface area contributed by atoms with Crippen molar-refractivity contribution in [2.75, 3.05) is 5.32 Å². The third kappa shape index (κ3) is 5.59. The highest BCUT2D eigenvalue weighted by atomic mass is 32.2. The van der Waals surface area contributed by atoms with Crippen LogP contribution in [0.5, 0.6) is 0 Å². The van der Waals surface area contributed by atoms with Crippen LogP contribution in [0.2, 0.25) is 0 Å². The number of hydrogen-bond acceptors (Lipinski definition) is 5. The third-order valence-corrected chi connectivity index (χ3v) is 8.07. The summed E-state index contributed by atoms with van der Waals surface area (Å²) in [4.78, 5) is 25.4. The Hall–Kier alpha value is -3.33. The van der Waals surface area contributed by atoms with Crippen molar-refractivity contribution in [2.24, 2.45) is 0 Å². The summed E-state index contributed by atoms with van der Waals surface area (Å²) >= 11 is 0. The monoisotopic (exact) mass is 482 g/mol. The molecule has 1 saturated carbocycles. The fourth-order valence-electron chi connectivity index (χ4n) is 4.39. The molecule has 2 aromatic carbocycles. The molecule has 180 valence electrons. The smallest absolute Gasteiger partial charge is 0.264 e. The van der Waals surface area contributed by atoms with Gasteiger partial charge in [0, 0.05) is 30.2 Å². The zero-order chi connectivity index (χ0) is 24.1. The van der Waals surface area contributed by atoms with Gasteiger partial charge in [0.25, 0.3) is 10.0 Å². The van der Waals surface area contributed by atoms with Gasteiger partial charge in [-0.1, -0.05) is 35.9 Å². The normalized spacial score (nSPS) is 22.7. The van der Waals surface area contributed by atoms with Crippen molar-refractivity contribution in [2.45, 2.75) is 62.0 Å². The molecule has 9 heteroatoms. The van der Waals surface area contributed by atoms with Crippen LogP contribution in [0.3, 0.4) is 0 Å². The number of rotatable bonds is 7. The van der Waals surface area contributed by atoms with E-state index in [0.717, 1.165) is 41.2 Å². The van der Waals surface area contributed by atoms with Gasteiger partial charge >= 0.3 is 0 Å². The third-order valence-electron chi connectivity index (χ3n) is 6.27. The number of para-hydroxylation sites is 1. The Kier molecular flexibility index (Phi) is 7.21. The highest BCUT2D eigenvalue weighted by molar-refractivity contribution is 7.89. The van der Waals surface area contributed by atoms with Crippen molar-refractivity contribution in [1.82, 2.24) is 14.9 Å². The molecule has 1 atom stereocenters. The highest BCUT2D eigenvalue weighted by Gasteiger charge is 2.37. The summed E-state index contributed by atoms with van der Waals surface area (Å²) in [5.74, 6) is -0.858. The maximum atomic E-state index is 13.2. The van der Waals surface area contributed by atoms with Gasteiger partial charge in [0.05, 0.1) is 11.3 Å². The van der Waals surface area contributed by atoms with Gasteiger partial charge in [0.15, 0.2) is 0 Å². The second kappa shape index (κ2) is 10.3. The van der Waals surface area contributed by atoms with Gasteiger partial charge in [-0.25, -0.2) is 8.42 Å². The molecular weight excluding hydrogens is 452 g/mol. The van der Waals surface area contributed by atoms with Crippen LogP contribution in [0.25, 0.3) is 0 Å². The number of anilines is 1. The quantitative estimate of drug-likeness (QED) is 0.563. The molecular formula is C25H30N4O4S. The average Bonchev–Trinajstić information content (AvgIpc) is 2.82. The molecule has 8 nitrogen and oxygen atoms in total. The van der Waals surface area contributed by atoms with Gasteiger partial charge < -0.3 is 16.0 Å². The standard InChI is InChI=1S/C25H30N4O4S/c1-18-7-13-22(14-8-18)34(32,33)29-16-15-26-25(31)23(29)17-24(30)28-21-11-9-20(10-12-21)27-19-5-3-2-4-6-19/h2-8,13-16,20-21,23,27H,9-12,17H2,1H3,(H,26,31)(H,28,30)/t20?,21?,23-/m1/s1. The number of nitrogens with zero attached hydrogens (tertiary/aromatic N) is 1. The molecule has 1 fully saturated rings. The zero-order valence-corrected chi connectivity index (χ0v) is 19.9. The number of carbonyl (C=O) groups excluding carboxylic acids is 2. The first-order valence-corrected chi connectivity index (χ1v) is 12.9. The molecule has 0 saturated heterocycles. The molecule has 1 aliphatic carbocycles. The lowest BCUT2D eigenvalue weighted by Crippen LogP contribution is -2.52. The molecule has 3 N–H and O–H groups in total. The summed E-state index contributed by atoms with van der Waals surface area (Å²) in [7, 11) is -3.98. The summed E-state index contributed by atoms with van der Waals surface area (Å²) < 4.78 is 27.3. The summed E-state index contributed by atoms with van der Waals surface area (Å²) in [6.07, 6.45) is 5.81. The van der Waals surface area contributed by atoms with Crippen LogP contribution in [-0.2, 0) is 19.6 Å². The van der Waals surface area contributed by atoms with E-state index in [0.29, 0.717) is 6.04 Å². The van der Waals surface area contributed by atoms with Gasteiger partial charge in [-0.15, -0.1) is 0 Å². The van der Waals surface area contributed by atoms with Crippen LogP contribution in [0.1, 0.15) is 37.7 Å². The van der Waals surface area contributed by atoms with Gasteiger partial charge in [-0.3, -0.25) is 13.9 Å². The number of amides is 2. The molecule has 2 amide bonds. The molecule has 34 heavy (non-hydrogen) atoms. The topological polar surface area (TPSA) is 108 Å². The number of carbonyl (C=O) groups is 2. The van der Waals surface area contributed by atoms with E-state index in [2.05, 4.69) is 16.0 Å². The maximum absolute atomic E-state index is 13.2. The molecule has 1 heterocycles. The molecule has 2 aromatic rings. The van der Waals surface area contributed by atoms with Crippen LogP contribution in [0.4, 0.5) is 5.69 Å². The highest BCUT2D eigenvalue weighted by Crippen LogP contribution is 2.25. The molecule has 0 spiro atoms. The zero-order valence-electron chi connectivity index (χ0n) is 19.1. The Morgan fingerprint density at radius 3 is 2.32 bits per heavy atom. The second-order valence-corrected chi connectivity index (χ2v) is 10.7. The number of benzene rings is 2. The lowest BCUT2D eigenvalue weighted by molar-refractivity contribution is -0.129. The Balaban J connectivity index is 1.35. The van der Waals surface area contributed by atoms with Crippen molar-refractivity contribution in [1.29, 1.82) is 0 Å². The van der Waals surface area contributed by atoms with E-state index in [1.165, 1.54) is 24.5 Å². The van der Waals surface area contributed by atoms with Crippen molar-refractivity contribution in [3.8, 4) is 0 Å². The number of aryl methyl sites for hydroxylation is 1. The van der Waals surface area contributed by atoms with Gasteiger partial charge in [-0.2, -0.15) is 0 Å². The number of sulfonamides is 1. The summed E-state index contributed by atoms with van der Waals surface area (Å²) in [6, 6.07) is 15.7. The van der Waals surface area contributed by atoms with Crippen LogP contribution >= 0.6 is 0 Å². The predicted octanol–water partition coefficient (Wildman–Crippen LogP) is 2.88. The van der Waals surface area contributed by atoms with Crippen LogP contribution in [0, 0.1) is 6.92 Å². The van der Waals surface area contributed by atoms with Crippen molar-refractivity contribution in [3.63, 3.8) is 0 Å². The fraction of sp³-hybridized carbons (Fsp3) is 0.360. The summed E-state index contributed by atoms with van der Waals surface area (Å²) in [5.41, 5.74) is 2.01. The van der Waals surface area contributed by atoms with Crippen LogP contribution < -0.4 is 16.0 Å².